The monoisotopic (exact) mass is 650 g/mol. The van der Waals surface area contributed by atoms with E-state index >= 15 is 0 Å². The first kappa shape index (κ1) is 45.1. The highest BCUT2D eigenvalue weighted by atomic mass is 16.3. The normalized spacial score (nSPS) is 13.0. The lowest BCUT2D eigenvalue weighted by atomic mass is 10.0. The van der Waals surface area contributed by atoms with Gasteiger partial charge in [-0.05, 0) is 38.5 Å². The Morgan fingerprint density at radius 2 is 0.826 bits per heavy atom. The van der Waals surface area contributed by atoms with Crippen LogP contribution in [0, 0.1) is 0 Å². The number of aliphatic hydroxyl groups excluding tert-OH is 2. The Hall–Kier alpha value is -0.870. The first-order valence-electron chi connectivity index (χ1n) is 20.9. The summed E-state index contributed by atoms with van der Waals surface area (Å²) in [5.74, 6) is -0.0308. The summed E-state index contributed by atoms with van der Waals surface area (Å²) < 4.78 is 0. The predicted octanol–water partition coefficient (Wildman–Crippen LogP) is 12.7. The van der Waals surface area contributed by atoms with Gasteiger partial charge in [-0.1, -0.05) is 199 Å². The number of allylic oxidation sites excluding steroid dienone is 2. The largest absolute Gasteiger partial charge is 0.394 e. The van der Waals surface area contributed by atoms with Crippen LogP contribution in [0.25, 0.3) is 0 Å². The van der Waals surface area contributed by atoms with Gasteiger partial charge in [0.2, 0.25) is 5.91 Å². The number of hydrogen-bond acceptors (Lipinski definition) is 3. The van der Waals surface area contributed by atoms with Crippen LogP contribution in [0.5, 0.6) is 0 Å². The third-order valence-corrected chi connectivity index (χ3v) is 9.78. The van der Waals surface area contributed by atoms with Crippen molar-refractivity contribution in [2.75, 3.05) is 6.61 Å². The second-order valence-corrected chi connectivity index (χ2v) is 14.4. The van der Waals surface area contributed by atoms with E-state index in [0.29, 0.717) is 12.8 Å². The van der Waals surface area contributed by atoms with Gasteiger partial charge in [-0.15, -0.1) is 0 Å². The van der Waals surface area contributed by atoms with Crippen molar-refractivity contribution in [1.82, 2.24) is 5.32 Å². The first-order chi connectivity index (χ1) is 22.7. The first-order valence-corrected chi connectivity index (χ1v) is 20.9. The molecule has 0 heterocycles. The van der Waals surface area contributed by atoms with E-state index < -0.39 is 12.1 Å². The SMILES string of the molecule is CCCCCCCCC=CCCCCCCCCCCCCCC(=O)N[C@@H](CO)[C@H](O)CCCCCCCCCCCCCCC. The van der Waals surface area contributed by atoms with E-state index in [2.05, 4.69) is 31.3 Å². The van der Waals surface area contributed by atoms with E-state index in [1.807, 2.05) is 0 Å². The number of nitrogens with one attached hydrogen (secondary N) is 1. The zero-order valence-corrected chi connectivity index (χ0v) is 31.4. The average molecular weight is 650 g/mol. The Balaban J connectivity index is 3.49. The molecule has 0 unspecified atom stereocenters. The van der Waals surface area contributed by atoms with Gasteiger partial charge in [-0.25, -0.2) is 0 Å². The summed E-state index contributed by atoms with van der Waals surface area (Å²) in [5.41, 5.74) is 0. The van der Waals surface area contributed by atoms with Gasteiger partial charge in [0, 0.05) is 6.42 Å². The minimum atomic E-state index is -0.654. The van der Waals surface area contributed by atoms with E-state index in [0.717, 1.165) is 25.7 Å². The van der Waals surface area contributed by atoms with Crippen LogP contribution in [0.4, 0.5) is 0 Å². The Bertz CT molecular complexity index is 622. The van der Waals surface area contributed by atoms with Gasteiger partial charge in [0.1, 0.15) is 0 Å². The molecule has 4 heteroatoms. The zero-order valence-electron chi connectivity index (χ0n) is 31.4. The minimum absolute atomic E-state index is 0.0308. The molecule has 0 aromatic rings. The third-order valence-electron chi connectivity index (χ3n) is 9.78. The lowest BCUT2D eigenvalue weighted by molar-refractivity contribution is -0.123. The molecule has 0 aliphatic heterocycles. The van der Waals surface area contributed by atoms with E-state index in [-0.39, 0.29) is 12.5 Å². The van der Waals surface area contributed by atoms with Crippen molar-refractivity contribution < 1.29 is 15.0 Å². The second-order valence-electron chi connectivity index (χ2n) is 14.4. The van der Waals surface area contributed by atoms with Gasteiger partial charge >= 0.3 is 0 Å². The Morgan fingerprint density at radius 3 is 1.20 bits per heavy atom. The van der Waals surface area contributed by atoms with Crippen LogP contribution in [0.2, 0.25) is 0 Å². The van der Waals surface area contributed by atoms with Crippen LogP contribution in [-0.2, 0) is 4.79 Å². The molecule has 0 radical (unpaired) electrons. The molecule has 0 aromatic carbocycles. The fraction of sp³-hybridized carbons (Fsp3) is 0.929. The van der Waals surface area contributed by atoms with Crippen LogP contribution in [0.1, 0.15) is 232 Å². The Kier molecular flexibility index (Phi) is 37.8. The average Bonchev–Trinajstić information content (AvgIpc) is 3.06. The molecule has 4 nitrogen and oxygen atoms in total. The van der Waals surface area contributed by atoms with Gasteiger partial charge in [-0.3, -0.25) is 4.79 Å². The van der Waals surface area contributed by atoms with Crippen molar-refractivity contribution in [1.29, 1.82) is 0 Å². The maximum atomic E-state index is 12.4. The number of rotatable bonds is 38. The standard InChI is InChI=1S/C42H83NO3/c1-3-5-7-9-11-13-15-17-18-19-20-21-22-23-24-26-28-30-32-34-36-38-42(46)43-40(39-44)41(45)37-35-33-31-29-27-25-16-14-12-10-8-6-4-2/h17-18,40-41,44-45H,3-16,19-39H2,1-2H3,(H,43,46)/t40-,41+/m0/s1. The maximum Gasteiger partial charge on any atom is 0.220 e. The molecule has 274 valence electrons. The molecule has 0 aliphatic carbocycles. The summed E-state index contributed by atoms with van der Waals surface area (Å²) in [6, 6.07) is -0.531. The quantitative estimate of drug-likeness (QED) is 0.0460. The van der Waals surface area contributed by atoms with Crippen LogP contribution in [-0.4, -0.2) is 34.9 Å². The summed E-state index contributed by atoms with van der Waals surface area (Å²) in [5, 5.41) is 23.1. The molecule has 0 saturated carbocycles. The number of aliphatic hydroxyl groups is 2. The molecular formula is C42H83NO3. The molecule has 0 bridgehead atoms. The number of carbonyl (C=O) groups is 1. The molecule has 0 spiro atoms. The highest BCUT2D eigenvalue weighted by molar-refractivity contribution is 5.76. The summed E-state index contributed by atoms with van der Waals surface area (Å²) in [7, 11) is 0. The molecule has 1 amide bonds. The van der Waals surface area contributed by atoms with Crippen molar-refractivity contribution in [2.24, 2.45) is 0 Å². The Labute approximate surface area is 288 Å². The van der Waals surface area contributed by atoms with Crippen molar-refractivity contribution in [3.8, 4) is 0 Å². The topological polar surface area (TPSA) is 69.6 Å². The van der Waals surface area contributed by atoms with Crippen molar-refractivity contribution >= 4 is 5.91 Å². The summed E-state index contributed by atoms with van der Waals surface area (Å²) in [4.78, 5) is 12.4. The lowest BCUT2D eigenvalue weighted by Gasteiger charge is -2.22. The molecule has 0 aromatic heterocycles. The molecule has 0 saturated heterocycles. The summed E-state index contributed by atoms with van der Waals surface area (Å²) in [6.45, 7) is 4.36. The molecule has 0 fully saturated rings. The highest BCUT2D eigenvalue weighted by Gasteiger charge is 2.19. The van der Waals surface area contributed by atoms with Crippen molar-refractivity contribution in [3.05, 3.63) is 12.2 Å². The fourth-order valence-electron chi connectivity index (χ4n) is 6.53. The predicted molar refractivity (Wildman–Crippen MR) is 202 cm³/mol. The highest BCUT2D eigenvalue weighted by Crippen LogP contribution is 2.16. The third kappa shape index (κ3) is 34.5. The van der Waals surface area contributed by atoms with Gasteiger partial charge in [-0.2, -0.15) is 0 Å². The number of amides is 1. The maximum absolute atomic E-state index is 12.4. The fourth-order valence-corrected chi connectivity index (χ4v) is 6.53. The van der Waals surface area contributed by atoms with E-state index in [9.17, 15) is 15.0 Å². The van der Waals surface area contributed by atoms with Crippen molar-refractivity contribution in [3.63, 3.8) is 0 Å². The second kappa shape index (κ2) is 38.6. The molecular weight excluding hydrogens is 566 g/mol. The number of unbranched alkanes of at least 4 members (excludes halogenated alkanes) is 29. The lowest BCUT2D eigenvalue weighted by Crippen LogP contribution is -2.45. The van der Waals surface area contributed by atoms with E-state index in [4.69, 9.17) is 0 Å². The van der Waals surface area contributed by atoms with Crippen LogP contribution in [0.15, 0.2) is 12.2 Å². The van der Waals surface area contributed by atoms with Crippen LogP contribution < -0.4 is 5.32 Å². The van der Waals surface area contributed by atoms with E-state index in [1.54, 1.807) is 0 Å². The van der Waals surface area contributed by atoms with Gasteiger partial charge in [0.25, 0.3) is 0 Å². The van der Waals surface area contributed by atoms with Crippen molar-refractivity contribution in [2.45, 2.75) is 244 Å². The smallest absolute Gasteiger partial charge is 0.220 e. The van der Waals surface area contributed by atoms with E-state index in [1.165, 1.54) is 180 Å². The molecule has 3 N–H and O–H groups in total. The van der Waals surface area contributed by atoms with Crippen LogP contribution in [0.3, 0.4) is 0 Å². The molecule has 0 aliphatic rings. The zero-order chi connectivity index (χ0) is 33.6. The number of hydrogen-bond donors (Lipinski definition) is 3. The molecule has 2 atom stereocenters. The van der Waals surface area contributed by atoms with Gasteiger partial charge in [0.15, 0.2) is 0 Å². The summed E-state index contributed by atoms with van der Waals surface area (Å²) >= 11 is 0. The summed E-state index contributed by atoms with van der Waals surface area (Å²) in [6.07, 6.45) is 47.1. The van der Waals surface area contributed by atoms with Crippen LogP contribution >= 0.6 is 0 Å². The molecule has 46 heavy (non-hydrogen) atoms. The Morgan fingerprint density at radius 1 is 0.500 bits per heavy atom. The van der Waals surface area contributed by atoms with Gasteiger partial charge in [0.05, 0.1) is 18.8 Å². The minimum Gasteiger partial charge on any atom is -0.394 e. The number of carbonyl (C=O) groups excluding carboxylic acids is 1. The molecule has 0 rings (SSSR count). The van der Waals surface area contributed by atoms with Gasteiger partial charge < -0.3 is 15.5 Å².